The second kappa shape index (κ2) is 15.0. The van der Waals surface area contributed by atoms with Crippen molar-refractivity contribution in [1.29, 1.82) is 0 Å². The minimum absolute atomic E-state index is 0.383. The largest absolute Gasteiger partial charge is 0.496 e. The molecular formula is C40H42N4O4Si. The van der Waals surface area contributed by atoms with E-state index in [-0.39, 0.29) is 0 Å². The van der Waals surface area contributed by atoms with Crippen LogP contribution in [0, 0.1) is 0 Å². The molecule has 0 saturated carbocycles. The Morgan fingerprint density at radius 2 is 1.49 bits per heavy atom. The van der Waals surface area contributed by atoms with Crippen molar-refractivity contribution in [1.82, 2.24) is 19.9 Å². The zero-order valence-corrected chi connectivity index (χ0v) is 29.3. The lowest BCUT2D eigenvalue weighted by atomic mass is 9.97. The number of pyridine rings is 2. The van der Waals surface area contributed by atoms with Crippen molar-refractivity contribution < 1.29 is 19.4 Å². The van der Waals surface area contributed by atoms with Crippen LogP contribution in [0.4, 0.5) is 0 Å². The number of amides is 1. The number of benzene rings is 3. The van der Waals surface area contributed by atoms with Crippen LogP contribution in [-0.2, 0) is 16.3 Å². The average molecular weight is 671 g/mol. The maximum Gasteiger partial charge on any atom is 0.254 e. The van der Waals surface area contributed by atoms with Gasteiger partial charge in [-0.05, 0) is 35.4 Å². The van der Waals surface area contributed by atoms with Crippen LogP contribution < -0.4 is 10.1 Å². The minimum Gasteiger partial charge on any atom is -0.496 e. The maximum atomic E-state index is 13.5. The first-order valence-electron chi connectivity index (χ1n) is 16.5. The van der Waals surface area contributed by atoms with Crippen molar-refractivity contribution in [3.63, 3.8) is 0 Å². The number of hydrogen-bond donors (Lipinski definition) is 2. The van der Waals surface area contributed by atoms with E-state index in [0.717, 1.165) is 56.2 Å². The summed E-state index contributed by atoms with van der Waals surface area (Å²) in [6, 6.07) is 31.9. The van der Waals surface area contributed by atoms with Gasteiger partial charge in [0.25, 0.3) is 5.91 Å². The lowest BCUT2D eigenvalue weighted by molar-refractivity contribution is -0.130. The Kier molecular flexibility index (Phi) is 10.3. The molecule has 3 aromatic carbocycles. The topological polar surface area (TPSA) is 98.5 Å². The van der Waals surface area contributed by atoms with E-state index in [1.54, 1.807) is 25.6 Å². The summed E-state index contributed by atoms with van der Waals surface area (Å²) in [7, 11) is 0.440. The molecule has 1 atom stereocenters. The number of ether oxygens (including phenoxy) is 2. The molecule has 49 heavy (non-hydrogen) atoms. The fourth-order valence-corrected chi connectivity index (χ4v) is 6.59. The minimum atomic E-state index is -1.43. The van der Waals surface area contributed by atoms with E-state index in [1.807, 2.05) is 89.5 Å². The molecule has 8 nitrogen and oxygen atoms in total. The number of carbonyl (C=O) groups excluding carboxylic acids is 1. The van der Waals surface area contributed by atoms with Crippen LogP contribution in [-0.4, -0.2) is 47.3 Å². The van der Waals surface area contributed by atoms with Gasteiger partial charge in [0.05, 0.1) is 13.2 Å². The van der Waals surface area contributed by atoms with Gasteiger partial charge < -0.3 is 24.5 Å². The molecule has 0 spiro atoms. The first-order valence-corrected chi connectivity index (χ1v) is 20.2. The van der Waals surface area contributed by atoms with Gasteiger partial charge >= 0.3 is 0 Å². The van der Waals surface area contributed by atoms with Gasteiger partial charge in [-0.3, -0.25) is 9.78 Å². The first-order chi connectivity index (χ1) is 23.7. The van der Waals surface area contributed by atoms with Crippen molar-refractivity contribution in [2.45, 2.75) is 44.6 Å². The molecule has 3 heterocycles. The number of fused-ring (bicyclic) bond motifs is 1. The second-order valence-corrected chi connectivity index (χ2v) is 18.9. The molecule has 1 unspecified atom stereocenters. The molecule has 0 aliphatic heterocycles. The van der Waals surface area contributed by atoms with Crippen LogP contribution in [0.15, 0.2) is 122 Å². The van der Waals surface area contributed by atoms with Crippen LogP contribution in [0.3, 0.4) is 0 Å². The summed E-state index contributed by atoms with van der Waals surface area (Å²) in [6.07, 6.45) is 5.66. The van der Waals surface area contributed by atoms with Crippen molar-refractivity contribution in [2.24, 2.45) is 0 Å². The van der Waals surface area contributed by atoms with Gasteiger partial charge in [-0.2, -0.15) is 0 Å². The van der Waals surface area contributed by atoms with Crippen molar-refractivity contribution >= 4 is 25.0 Å². The molecule has 250 valence electrons. The molecule has 0 aliphatic rings. The number of rotatable bonds is 13. The summed E-state index contributed by atoms with van der Waals surface area (Å²) in [4.78, 5) is 22.8. The molecule has 6 aromatic rings. The fourth-order valence-electron chi connectivity index (χ4n) is 5.84. The predicted molar refractivity (Wildman–Crippen MR) is 197 cm³/mol. The van der Waals surface area contributed by atoms with Gasteiger partial charge in [0.1, 0.15) is 18.1 Å². The standard InChI is InChI=1S/C40H42N4O4Si/c1-47-36-18-12-11-17-33(36)35-26-44(27-48-19-20-49(2,3)4)39-34(35)22-31(25-42-39)30-21-32(24-41-23-30)38(45)40(46)43-37(28-13-7-5-8-14-28)29-15-9-6-10-16-29/h5-18,21-26,37-38,45H,19-20,27H2,1-4H3,(H,43,46). The lowest BCUT2D eigenvalue weighted by Gasteiger charge is -2.22. The van der Waals surface area contributed by atoms with Crippen molar-refractivity contribution in [3.05, 3.63) is 139 Å². The van der Waals surface area contributed by atoms with Crippen LogP contribution >= 0.6 is 0 Å². The second-order valence-electron chi connectivity index (χ2n) is 13.3. The smallest absolute Gasteiger partial charge is 0.254 e. The summed E-state index contributed by atoms with van der Waals surface area (Å²) in [6.45, 7) is 8.10. The number of nitrogens with zero attached hydrogens (tertiary/aromatic N) is 3. The number of hydrogen-bond acceptors (Lipinski definition) is 6. The summed E-state index contributed by atoms with van der Waals surface area (Å²) in [5.74, 6) is 0.239. The molecule has 0 bridgehead atoms. The number of aromatic nitrogens is 3. The Morgan fingerprint density at radius 3 is 2.16 bits per heavy atom. The number of aliphatic hydroxyl groups is 1. The number of carbonyl (C=O) groups is 1. The summed E-state index contributed by atoms with van der Waals surface area (Å²) in [5.41, 5.74) is 6.44. The molecular weight excluding hydrogens is 629 g/mol. The quantitative estimate of drug-likeness (QED) is 0.0954. The van der Waals surface area contributed by atoms with Crippen LogP contribution in [0.25, 0.3) is 33.3 Å². The molecule has 0 fully saturated rings. The third-order valence-corrected chi connectivity index (χ3v) is 10.3. The zero-order chi connectivity index (χ0) is 34.4. The Morgan fingerprint density at radius 1 is 0.837 bits per heavy atom. The highest BCUT2D eigenvalue weighted by Gasteiger charge is 2.24. The Balaban J connectivity index is 1.30. The van der Waals surface area contributed by atoms with E-state index in [1.165, 1.54) is 6.20 Å². The third kappa shape index (κ3) is 7.97. The predicted octanol–water partition coefficient (Wildman–Crippen LogP) is 8.03. The summed E-state index contributed by atoms with van der Waals surface area (Å²) < 4.78 is 13.9. The molecule has 6 rings (SSSR count). The van der Waals surface area contributed by atoms with Crippen molar-refractivity contribution in [3.8, 4) is 28.0 Å². The normalized spacial score (nSPS) is 12.3. The highest BCUT2D eigenvalue weighted by molar-refractivity contribution is 6.76. The van der Waals surface area contributed by atoms with Gasteiger partial charge in [-0.15, -0.1) is 0 Å². The number of aliphatic hydroxyl groups excluding tert-OH is 1. The first kappa shape index (κ1) is 33.8. The molecule has 1 amide bonds. The van der Waals surface area contributed by atoms with Crippen LogP contribution in [0.1, 0.15) is 28.8 Å². The summed E-state index contributed by atoms with van der Waals surface area (Å²) >= 11 is 0. The van der Waals surface area contributed by atoms with E-state index >= 15 is 0 Å². The molecule has 0 saturated heterocycles. The number of para-hydroxylation sites is 1. The van der Waals surface area contributed by atoms with Crippen LogP contribution in [0.2, 0.25) is 25.7 Å². The highest BCUT2D eigenvalue weighted by Crippen LogP contribution is 2.37. The average Bonchev–Trinajstić information content (AvgIpc) is 3.49. The number of nitrogens with one attached hydrogen (secondary N) is 1. The SMILES string of the molecule is COc1ccccc1-c1cn(COCC[Si](C)(C)C)c2ncc(-c3cncc(C(O)C(=O)NC(c4ccccc4)c4ccccc4)c3)cc12. The Bertz CT molecular complexity index is 1990. The third-order valence-electron chi connectivity index (χ3n) is 8.55. The Labute approximate surface area is 288 Å². The van der Waals surface area contributed by atoms with E-state index < -0.39 is 26.1 Å². The van der Waals surface area contributed by atoms with Crippen LogP contribution in [0.5, 0.6) is 5.75 Å². The van der Waals surface area contributed by atoms with Gasteiger partial charge in [0, 0.05) is 72.7 Å². The van der Waals surface area contributed by atoms with E-state index in [9.17, 15) is 9.90 Å². The van der Waals surface area contributed by atoms with Gasteiger partial charge in [-0.25, -0.2) is 4.98 Å². The molecule has 3 aromatic heterocycles. The number of methoxy groups -OCH3 is 1. The Hall–Kier alpha value is -5.09. The zero-order valence-electron chi connectivity index (χ0n) is 28.3. The lowest BCUT2D eigenvalue weighted by Crippen LogP contribution is -2.33. The maximum absolute atomic E-state index is 13.5. The fraction of sp³-hybridized carbons (Fsp3) is 0.225. The van der Waals surface area contributed by atoms with Gasteiger partial charge in [-0.1, -0.05) is 98.5 Å². The van der Waals surface area contributed by atoms with Crippen molar-refractivity contribution in [2.75, 3.05) is 13.7 Å². The summed E-state index contributed by atoms with van der Waals surface area (Å²) in [5, 5.41) is 15.3. The van der Waals surface area contributed by atoms with E-state index in [2.05, 4.69) is 42.2 Å². The van der Waals surface area contributed by atoms with Gasteiger partial charge in [0.15, 0.2) is 6.10 Å². The van der Waals surface area contributed by atoms with Gasteiger partial charge in [0.2, 0.25) is 0 Å². The molecule has 9 heteroatoms. The highest BCUT2D eigenvalue weighted by atomic mass is 28.3. The molecule has 0 aliphatic carbocycles. The monoisotopic (exact) mass is 670 g/mol. The molecule has 0 radical (unpaired) electrons. The van der Waals surface area contributed by atoms with E-state index in [0.29, 0.717) is 18.9 Å². The molecule has 2 N–H and O–H groups in total. The van der Waals surface area contributed by atoms with E-state index in [4.69, 9.17) is 14.5 Å².